The Bertz CT molecular complexity index is 206. The fraction of sp³-hybridized carbons (Fsp3) is 0.700. The molecule has 0 spiro atoms. The minimum Gasteiger partial charge on any atom is -0.350 e. The Labute approximate surface area is 74.0 Å². The summed E-state index contributed by atoms with van der Waals surface area (Å²) in [6, 6.07) is 0.277. The topological polar surface area (TPSA) is 29.1 Å². The zero-order valence-electron chi connectivity index (χ0n) is 8.05. The Balaban J connectivity index is 2.35. The average Bonchev–Trinajstić information content (AvgIpc) is 1.82. The lowest BCUT2D eigenvalue weighted by atomic mass is 9.97. The summed E-state index contributed by atoms with van der Waals surface area (Å²) >= 11 is 0. The Morgan fingerprint density at radius 2 is 2.08 bits per heavy atom. The molecular formula is C10H17NO. The monoisotopic (exact) mass is 167 g/mol. The van der Waals surface area contributed by atoms with E-state index in [2.05, 4.69) is 19.2 Å². The van der Waals surface area contributed by atoms with E-state index in [1.807, 2.05) is 13.0 Å². The first-order valence-corrected chi connectivity index (χ1v) is 4.61. The number of rotatable bonds is 3. The summed E-state index contributed by atoms with van der Waals surface area (Å²) in [5.41, 5.74) is 0.961. The number of hydrogen-bond donors (Lipinski definition) is 1. The maximum atomic E-state index is 11.4. The normalized spacial score (nSPS) is 18.2. The van der Waals surface area contributed by atoms with Crippen molar-refractivity contribution >= 4 is 5.91 Å². The summed E-state index contributed by atoms with van der Waals surface area (Å²) in [7, 11) is 0. The lowest BCUT2D eigenvalue weighted by Gasteiger charge is -2.20. The molecule has 0 heterocycles. The fourth-order valence-corrected chi connectivity index (χ4v) is 0.961. The molecule has 0 saturated heterocycles. The van der Waals surface area contributed by atoms with Crippen molar-refractivity contribution in [3.63, 3.8) is 0 Å². The van der Waals surface area contributed by atoms with E-state index in [1.54, 1.807) is 0 Å². The molecule has 0 bridgehead atoms. The highest BCUT2D eigenvalue weighted by Crippen LogP contribution is 2.17. The molecule has 1 aliphatic carbocycles. The Morgan fingerprint density at radius 1 is 1.50 bits per heavy atom. The summed E-state index contributed by atoms with van der Waals surface area (Å²) in [6.07, 6.45) is 4.03. The van der Waals surface area contributed by atoms with Crippen molar-refractivity contribution in [1.82, 2.24) is 5.32 Å². The Morgan fingerprint density at radius 3 is 2.42 bits per heavy atom. The average molecular weight is 167 g/mol. The van der Waals surface area contributed by atoms with Crippen LogP contribution in [0.1, 0.15) is 33.6 Å². The molecular weight excluding hydrogens is 150 g/mol. The third kappa shape index (κ3) is 2.10. The van der Waals surface area contributed by atoms with Crippen molar-refractivity contribution in [1.29, 1.82) is 0 Å². The second-order valence-electron chi connectivity index (χ2n) is 3.77. The SMILES string of the molecule is CC(C)C(C)NC(=O)C1=CCC1. The predicted octanol–water partition coefficient (Wildman–Crippen LogP) is 1.87. The highest BCUT2D eigenvalue weighted by molar-refractivity contribution is 5.94. The molecule has 0 aromatic carbocycles. The first-order valence-electron chi connectivity index (χ1n) is 4.61. The highest BCUT2D eigenvalue weighted by atomic mass is 16.1. The van der Waals surface area contributed by atoms with E-state index < -0.39 is 0 Å². The third-order valence-electron chi connectivity index (χ3n) is 2.45. The summed E-state index contributed by atoms with van der Waals surface area (Å²) in [5, 5.41) is 2.97. The second-order valence-corrected chi connectivity index (χ2v) is 3.77. The van der Waals surface area contributed by atoms with Crippen LogP contribution in [-0.4, -0.2) is 11.9 Å². The van der Waals surface area contributed by atoms with Crippen LogP contribution in [0.4, 0.5) is 0 Å². The van der Waals surface area contributed by atoms with Crippen LogP contribution in [0.2, 0.25) is 0 Å². The van der Waals surface area contributed by atoms with Gasteiger partial charge in [-0.05, 0) is 25.7 Å². The first-order chi connectivity index (χ1) is 5.61. The molecule has 1 N–H and O–H groups in total. The van der Waals surface area contributed by atoms with Gasteiger partial charge in [-0.25, -0.2) is 0 Å². The van der Waals surface area contributed by atoms with E-state index in [-0.39, 0.29) is 11.9 Å². The molecule has 1 aliphatic rings. The number of carbonyl (C=O) groups excluding carboxylic acids is 1. The molecule has 1 rings (SSSR count). The van der Waals surface area contributed by atoms with E-state index in [0.29, 0.717) is 5.92 Å². The molecule has 0 aliphatic heterocycles. The molecule has 0 saturated carbocycles. The van der Waals surface area contributed by atoms with Crippen LogP contribution in [0.25, 0.3) is 0 Å². The van der Waals surface area contributed by atoms with Crippen molar-refractivity contribution < 1.29 is 4.79 Å². The van der Waals surface area contributed by atoms with E-state index in [9.17, 15) is 4.79 Å². The van der Waals surface area contributed by atoms with Crippen molar-refractivity contribution in [3.05, 3.63) is 11.6 Å². The van der Waals surface area contributed by atoms with Gasteiger partial charge in [-0.2, -0.15) is 0 Å². The number of allylic oxidation sites excluding steroid dienone is 1. The molecule has 1 amide bonds. The van der Waals surface area contributed by atoms with Gasteiger partial charge in [-0.1, -0.05) is 19.9 Å². The second kappa shape index (κ2) is 3.74. The van der Waals surface area contributed by atoms with Gasteiger partial charge in [-0.3, -0.25) is 4.79 Å². The predicted molar refractivity (Wildman–Crippen MR) is 49.8 cm³/mol. The third-order valence-corrected chi connectivity index (χ3v) is 2.45. The van der Waals surface area contributed by atoms with E-state index >= 15 is 0 Å². The smallest absolute Gasteiger partial charge is 0.247 e. The minimum atomic E-state index is 0.127. The summed E-state index contributed by atoms with van der Waals surface area (Å²) < 4.78 is 0. The van der Waals surface area contributed by atoms with Gasteiger partial charge >= 0.3 is 0 Å². The summed E-state index contributed by atoms with van der Waals surface area (Å²) in [5.74, 6) is 0.636. The van der Waals surface area contributed by atoms with Crippen molar-refractivity contribution in [2.24, 2.45) is 5.92 Å². The van der Waals surface area contributed by atoms with Crippen LogP contribution in [0.5, 0.6) is 0 Å². The van der Waals surface area contributed by atoms with Gasteiger partial charge in [0.1, 0.15) is 0 Å². The van der Waals surface area contributed by atoms with Crippen LogP contribution in [0.3, 0.4) is 0 Å². The van der Waals surface area contributed by atoms with Crippen molar-refractivity contribution in [2.45, 2.75) is 39.7 Å². The largest absolute Gasteiger partial charge is 0.350 e. The van der Waals surface area contributed by atoms with Crippen LogP contribution in [0.15, 0.2) is 11.6 Å². The van der Waals surface area contributed by atoms with E-state index in [1.165, 1.54) is 0 Å². The lowest BCUT2D eigenvalue weighted by Crippen LogP contribution is -2.37. The van der Waals surface area contributed by atoms with Crippen LogP contribution < -0.4 is 5.32 Å². The summed E-state index contributed by atoms with van der Waals surface area (Å²) in [4.78, 5) is 11.4. The van der Waals surface area contributed by atoms with Crippen LogP contribution >= 0.6 is 0 Å². The van der Waals surface area contributed by atoms with Gasteiger partial charge in [0, 0.05) is 11.6 Å². The molecule has 0 fully saturated rings. The molecule has 0 aromatic rings. The number of carbonyl (C=O) groups is 1. The molecule has 12 heavy (non-hydrogen) atoms. The molecule has 2 nitrogen and oxygen atoms in total. The Kier molecular flexibility index (Phi) is 2.90. The molecule has 0 aromatic heterocycles. The van der Waals surface area contributed by atoms with Gasteiger partial charge in [0.15, 0.2) is 0 Å². The number of amides is 1. The van der Waals surface area contributed by atoms with Crippen molar-refractivity contribution in [3.8, 4) is 0 Å². The van der Waals surface area contributed by atoms with Crippen LogP contribution in [-0.2, 0) is 4.79 Å². The fourth-order valence-electron chi connectivity index (χ4n) is 0.961. The van der Waals surface area contributed by atoms with Gasteiger partial charge in [0.25, 0.3) is 0 Å². The quantitative estimate of drug-likeness (QED) is 0.683. The maximum Gasteiger partial charge on any atom is 0.247 e. The van der Waals surface area contributed by atoms with Gasteiger partial charge < -0.3 is 5.32 Å². The zero-order chi connectivity index (χ0) is 9.14. The van der Waals surface area contributed by atoms with Crippen LogP contribution in [0, 0.1) is 5.92 Å². The number of hydrogen-bond acceptors (Lipinski definition) is 1. The van der Waals surface area contributed by atoms with E-state index in [4.69, 9.17) is 0 Å². The molecule has 1 atom stereocenters. The zero-order valence-corrected chi connectivity index (χ0v) is 8.05. The van der Waals surface area contributed by atoms with Gasteiger partial charge in [0.05, 0.1) is 0 Å². The summed E-state index contributed by atoms with van der Waals surface area (Å²) in [6.45, 7) is 6.27. The van der Waals surface area contributed by atoms with Gasteiger partial charge in [0.2, 0.25) is 5.91 Å². The molecule has 0 radical (unpaired) electrons. The molecule has 1 unspecified atom stereocenters. The van der Waals surface area contributed by atoms with Crippen molar-refractivity contribution in [2.75, 3.05) is 0 Å². The Hall–Kier alpha value is -0.790. The highest BCUT2D eigenvalue weighted by Gasteiger charge is 2.17. The first kappa shape index (κ1) is 9.30. The molecule has 68 valence electrons. The maximum absolute atomic E-state index is 11.4. The molecule has 2 heteroatoms. The van der Waals surface area contributed by atoms with E-state index in [0.717, 1.165) is 18.4 Å². The standard InChI is InChI=1S/C10H17NO/c1-7(2)8(3)11-10(12)9-5-4-6-9/h5,7-8H,4,6H2,1-3H3,(H,11,12). The van der Waals surface area contributed by atoms with Gasteiger partial charge in [-0.15, -0.1) is 0 Å². The lowest BCUT2D eigenvalue weighted by molar-refractivity contribution is -0.118. The minimum absolute atomic E-state index is 0.127. The number of nitrogens with one attached hydrogen (secondary N) is 1.